The summed E-state index contributed by atoms with van der Waals surface area (Å²) in [6, 6.07) is 26.9. The van der Waals surface area contributed by atoms with E-state index in [4.69, 9.17) is 18.9 Å². The minimum Gasteiger partial charge on any atom is -0.497 e. The second-order valence-corrected chi connectivity index (χ2v) is 12.0. The molecule has 2 fully saturated rings. The third kappa shape index (κ3) is 6.30. The average molecular weight is 583 g/mol. The largest absolute Gasteiger partial charge is 0.497 e. The van der Waals surface area contributed by atoms with Crippen LogP contribution < -0.4 is 9.64 Å². The van der Waals surface area contributed by atoms with E-state index in [1.54, 1.807) is 19.2 Å². The van der Waals surface area contributed by atoms with Crippen LogP contribution in [0, 0.1) is 5.92 Å². The minimum atomic E-state index is -0.322. The lowest BCUT2D eigenvalue weighted by Gasteiger charge is -2.29. The van der Waals surface area contributed by atoms with Crippen LogP contribution >= 0.6 is 11.8 Å². The SMILES string of the molecule is COc1cccc(-c2nc(CO[C@@H]3CCC[C@H](CCC4SC(=O)N(c5ccccc5)C4=O)C3)c(-c3ccccc3)o2)c1. The molecule has 1 saturated carbocycles. The van der Waals surface area contributed by atoms with Crippen LogP contribution in [-0.2, 0) is 16.1 Å². The van der Waals surface area contributed by atoms with Crippen molar-refractivity contribution >= 4 is 28.6 Å². The summed E-state index contributed by atoms with van der Waals surface area (Å²) < 4.78 is 18.1. The predicted molar refractivity (Wildman–Crippen MR) is 164 cm³/mol. The Morgan fingerprint density at radius 1 is 0.929 bits per heavy atom. The molecule has 42 heavy (non-hydrogen) atoms. The minimum absolute atomic E-state index is 0.105. The third-order valence-electron chi connectivity index (χ3n) is 8.01. The van der Waals surface area contributed by atoms with Gasteiger partial charge in [0.15, 0.2) is 5.76 Å². The zero-order valence-corrected chi connectivity index (χ0v) is 24.4. The monoisotopic (exact) mass is 582 g/mol. The fraction of sp³-hybridized carbons (Fsp3) is 0.324. The Balaban J connectivity index is 1.09. The molecule has 0 N–H and O–H groups in total. The second-order valence-electron chi connectivity index (χ2n) is 10.8. The zero-order chi connectivity index (χ0) is 28.9. The summed E-state index contributed by atoms with van der Waals surface area (Å²) >= 11 is 1.16. The van der Waals surface area contributed by atoms with Gasteiger partial charge < -0.3 is 13.9 Å². The molecule has 1 aromatic heterocycles. The molecule has 1 aliphatic carbocycles. The van der Waals surface area contributed by atoms with E-state index in [2.05, 4.69) is 0 Å². The van der Waals surface area contributed by atoms with Crippen LogP contribution in [0.4, 0.5) is 10.5 Å². The summed E-state index contributed by atoms with van der Waals surface area (Å²) in [6.45, 7) is 0.354. The number of hydrogen-bond donors (Lipinski definition) is 0. The number of ether oxygens (including phenoxy) is 2. The molecular formula is C34H34N2O5S. The van der Waals surface area contributed by atoms with Crippen molar-refractivity contribution in [3.05, 3.63) is 90.6 Å². The Labute approximate surface area is 250 Å². The Morgan fingerprint density at radius 3 is 2.48 bits per heavy atom. The average Bonchev–Trinajstić information content (AvgIpc) is 3.60. The van der Waals surface area contributed by atoms with Gasteiger partial charge in [0, 0.05) is 11.1 Å². The van der Waals surface area contributed by atoms with E-state index >= 15 is 0 Å². The van der Waals surface area contributed by atoms with Crippen LogP contribution in [-0.4, -0.2) is 34.6 Å². The van der Waals surface area contributed by atoms with Crippen molar-refractivity contribution in [2.24, 2.45) is 5.92 Å². The molecule has 6 rings (SSSR count). The van der Waals surface area contributed by atoms with Gasteiger partial charge in [-0.3, -0.25) is 9.59 Å². The number of anilines is 1. The van der Waals surface area contributed by atoms with Crippen LogP contribution in [0.15, 0.2) is 89.3 Å². The van der Waals surface area contributed by atoms with E-state index in [0.717, 1.165) is 66.4 Å². The van der Waals surface area contributed by atoms with Crippen molar-refractivity contribution < 1.29 is 23.5 Å². The normalized spacial score (nSPS) is 20.7. The number of nitrogens with zero attached hydrogens (tertiary/aromatic N) is 2. The maximum Gasteiger partial charge on any atom is 0.293 e. The van der Waals surface area contributed by atoms with Gasteiger partial charge in [0.25, 0.3) is 5.24 Å². The summed E-state index contributed by atoms with van der Waals surface area (Å²) in [5.41, 5.74) is 3.22. The summed E-state index contributed by atoms with van der Waals surface area (Å²) in [7, 11) is 1.64. The number of amides is 2. The van der Waals surface area contributed by atoms with Gasteiger partial charge in [-0.15, -0.1) is 0 Å². The molecule has 3 aromatic carbocycles. The number of thioether (sulfide) groups is 1. The molecule has 2 heterocycles. The summed E-state index contributed by atoms with van der Waals surface area (Å²) in [6.07, 6.45) is 5.83. The summed E-state index contributed by atoms with van der Waals surface area (Å²) in [5, 5.41) is -0.506. The Bertz CT molecular complexity index is 1520. The molecular weight excluding hydrogens is 548 g/mol. The van der Waals surface area contributed by atoms with Gasteiger partial charge in [-0.1, -0.05) is 79.2 Å². The van der Waals surface area contributed by atoms with Crippen molar-refractivity contribution in [2.45, 2.75) is 56.5 Å². The molecule has 3 atom stereocenters. The lowest BCUT2D eigenvalue weighted by Crippen LogP contribution is -2.31. The third-order valence-corrected chi connectivity index (χ3v) is 9.12. The van der Waals surface area contributed by atoms with Crippen molar-refractivity contribution in [2.75, 3.05) is 12.0 Å². The van der Waals surface area contributed by atoms with Gasteiger partial charge in [0.2, 0.25) is 11.8 Å². The number of aromatic nitrogens is 1. The van der Waals surface area contributed by atoms with E-state index in [0.29, 0.717) is 36.3 Å². The molecule has 1 unspecified atom stereocenters. The van der Waals surface area contributed by atoms with Crippen LogP contribution in [0.3, 0.4) is 0 Å². The Kier molecular flexibility index (Phi) is 8.72. The lowest BCUT2D eigenvalue weighted by molar-refractivity contribution is -0.117. The van der Waals surface area contributed by atoms with Gasteiger partial charge in [-0.05, 0) is 61.9 Å². The molecule has 1 saturated heterocycles. The maximum absolute atomic E-state index is 13.0. The number of hydrogen-bond acceptors (Lipinski definition) is 7. The first-order valence-corrected chi connectivity index (χ1v) is 15.4. The molecule has 0 radical (unpaired) electrons. The Morgan fingerprint density at radius 2 is 1.69 bits per heavy atom. The van der Waals surface area contributed by atoms with Crippen LogP contribution in [0.2, 0.25) is 0 Å². The fourth-order valence-corrected chi connectivity index (χ4v) is 6.84. The van der Waals surface area contributed by atoms with Crippen LogP contribution in [0.25, 0.3) is 22.8 Å². The number of rotatable bonds is 10. The smallest absolute Gasteiger partial charge is 0.293 e. The number of carbonyl (C=O) groups is 2. The summed E-state index contributed by atoms with van der Waals surface area (Å²) in [4.78, 5) is 31.8. The molecule has 4 aromatic rings. The molecule has 2 amide bonds. The van der Waals surface area contributed by atoms with Crippen LogP contribution in [0.5, 0.6) is 5.75 Å². The highest BCUT2D eigenvalue weighted by Gasteiger charge is 2.40. The number of para-hydroxylation sites is 1. The van der Waals surface area contributed by atoms with E-state index in [9.17, 15) is 9.59 Å². The van der Waals surface area contributed by atoms with Crippen molar-refractivity contribution in [3.8, 4) is 28.5 Å². The highest BCUT2D eigenvalue weighted by molar-refractivity contribution is 8.15. The van der Waals surface area contributed by atoms with E-state index < -0.39 is 0 Å². The van der Waals surface area contributed by atoms with Crippen LogP contribution in [0.1, 0.15) is 44.2 Å². The van der Waals surface area contributed by atoms with Gasteiger partial charge >= 0.3 is 0 Å². The highest BCUT2D eigenvalue weighted by Crippen LogP contribution is 2.38. The van der Waals surface area contributed by atoms with Crippen molar-refractivity contribution in [1.29, 1.82) is 0 Å². The van der Waals surface area contributed by atoms with Gasteiger partial charge in [0.1, 0.15) is 11.4 Å². The van der Waals surface area contributed by atoms with Crippen molar-refractivity contribution in [1.82, 2.24) is 4.98 Å². The van der Waals surface area contributed by atoms with Gasteiger partial charge in [-0.2, -0.15) is 0 Å². The maximum atomic E-state index is 13.0. The number of oxazole rings is 1. The van der Waals surface area contributed by atoms with E-state index in [1.165, 1.54) is 4.90 Å². The van der Waals surface area contributed by atoms with Crippen molar-refractivity contribution in [3.63, 3.8) is 0 Å². The first-order chi connectivity index (χ1) is 20.6. The number of benzene rings is 3. The number of imide groups is 1. The van der Waals surface area contributed by atoms with E-state index in [1.807, 2.05) is 72.8 Å². The molecule has 8 heteroatoms. The lowest BCUT2D eigenvalue weighted by atomic mass is 9.84. The quantitative estimate of drug-likeness (QED) is 0.187. The predicted octanol–water partition coefficient (Wildman–Crippen LogP) is 8.14. The fourth-order valence-electron chi connectivity index (χ4n) is 5.83. The summed E-state index contributed by atoms with van der Waals surface area (Å²) in [5.74, 6) is 2.34. The first kappa shape index (κ1) is 28.2. The van der Waals surface area contributed by atoms with Gasteiger partial charge in [-0.25, -0.2) is 9.88 Å². The highest BCUT2D eigenvalue weighted by atomic mass is 32.2. The number of methoxy groups -OCH3 is 1. The standard InChI is InChI=1S/C34H34N2O5S/c1-39-27-16-9-13-25(21-27)32-35-29(31(41-32)24-11-4-2-5-12-24)22-40-28-17-8-10-23(20-28)18-19-30-33(37)36(34(38)42-30)26-14-6-3-7-15-26/h2-7,9,11-16,21,23,28,30H,8,10,17-20,22H2,1H3/t23-,28-,30?/m1/s1. The number of carbonyl (C=O) groups excluding carboxylic acids is 2. The topological polar surface area (TPSA) is 81.9 Å². The Hall–Kier alpha value is -3.88. The molecule has 7 nitrogen and oxygen atoms in total. The van der Waals surface area contributed by atoms with Gasteiger partial charge in [0.05, 0.1) is 30.8 Å². The van der Waals surface area contributed by atoms with E-state index in [-0.39, 0.29) is 22.5 Å². The molecule has 0 spiro atoms. The second kappa shape index (κ2) is 13.0. The zero-order valence-electron chi connectivity index (χ0n) is 23.6. The molecule has 2 aliphatic rings. The molecule has 0 bridgehead atoms. The molecule has 216 valence electrons. The first-order valence-electron chi connectivity index (χ1n) is 14.5. The molecule has 1 aliphatic heterocycles.